The molecule has 0 unspecified atom stereocenters. The molecular weight excluding hydrogens is 332 g/mol. The van der Waals surface area contributed by atoms with Crippen molar-refractivity contribution in [1.82, 2.24) is 4.90 Å². The van der Waals surface area contributed by atoms with Gasteiger partial charge < -0.3 is 4.74 Å². The quantitative estimate of drug-likeness (QED) is 0.778. The molecule has 0 spiro atoms. The minimum Gasteiger partial charge on any atom is -0.381 e. The van der Waals surface area contributed by atoms with Crippen molar-refractivity contribution in [1.29, 1.82) is 0 Å². The Morgan fingerprint density at radius 2 is 2.12 bits per heavy atom. The van der Waals surface area contributed by atoms with Gasteiger partial charge in [0.25, 0.3) is 0 Å². The summed E-state index contributed by atoms with van der Waals surface area (Å²) in [5.74, 6) is -0.136. The van der Waals surface area contributed by atoms with Crippen LogP contribution < -0.4 is 0 Å². The van der Waals surface area contributed by atoms with Gasteiger partial charge in [-0.15, -0.1) is 0 Å². The molecule has 0 aliphatic carbocycles. The fourth-order valence-electron chi connectivity index (χ4n) is 2.18. The van der Waals surface area contributed by atoms with Crippen LogP contribution in [-0.2, 0) is 11.3 Å². The van der Waals surface area contributed by atoms with E-state index in [1.807, 2.05) is 34.7 Å². The Hall–Kier alpha value is -0.200. The fourth-order valence-corrected chi connectivity index (χ4v) is 2.76. The zero-order chi connectivity index (χ0) is 12.3. The second-order valence-corrected chi connectivity index (χ2v) is 5.67. The van der Waals surface area contributed by atoms with Gasteiger partial charge in [-0.05, 0) is 60.2 Å². The Bertz CT molecular complexity index is 380. The maximum Gasteiger partial charge on any atom is 0.136 e. The Kier molecular flexibility index (Phi) is 4.76. The van der Waals surface area contributed by atoms with Crippen molar-refractivity contribution in [3.63, 3.8) is 0 Å². The smallest absolute Gasteiger partial charge is 0.136 e. The molecule has 1 aromatic rings. The maximum absolute atomic E-state index is 13.2. The van der Waals surface area contributed by atoms with E-state index in [4.69, 9.17) is 4.74 Å². The lowest BCUT2D eigenvalue weighted by Crippen LogP contribution is -2.36. The van der Waals surface area contributed by atoms with Gasteiger partial charge in [0.05, 0.1) is 0 Å². The highest BCUT2D eigenvalue weighted by Crippen LogP contribution is 2.18. The largest absolute Gasteiger partial charge is 0.381 e. The molecule has 2 rings (SSSR count). The van der Waals surface area contributed by atoms with E-state index >= 15 is 0 Å². The highest BCUT2D eigenvalue weighted by Gasteiger charge is 2.18. The topological polar surface area (TPSA) is 12.5 Å². The van der Waals surface area contributed by atoms with E-state index in [1.165, 1.54) is 5.56 Å². The normalized spacial score (nSPS) is 17.6. The summed E-state index contributed by atoms with van der Waals surface area (Å²) in [6, 6.07) is 5.93. The molecule has 1 aliphatic heterocycles. The second kappa shape index (κ2) is 6.11. The number of rotatable bonds is 3. The maximum atomic E-state index is 13.2. The summed E-state index contributed by atoms with van der Waals surface area (Å²) < 4.78 is 19.2. The summed E-state index contributed by atoms with van der Waals surface area (Å²) in [6.45, 7) is 2.59. The Balaban J connectivity index is 1.96. The molecule has 1 fully saturated rings. The van der Waals surface area contributed by atoms with E-state index in [2.05, 4.69) is 11.9 Å². The molecular formula is C13H17FINO. The van der Waals surface area contributed by atoms with Gasteiger partial charge in [-0.1, -0.05) is 6.07 Å². The third kappa shape index (κ3) is 3.63. The monoisotopic (exact) mass is 349 g/mol. The van der Waals surface area contributed by atoms with Gasteiger partial charge in [-0.2, -0.15) is 0 Å². The van der Waals surface area contributed by atoms with Crippen LogP contribution in [0.5, 0.6) is 0 Å². The van der Waals surface area contributed by atoms with Crippen LogP contribution in [0.2, 0.25) is 0 Å². The number of nitrogens with zero attached hydrogens (tertiary/aromatic N) is 1. The molecule has 1 heterocycles. The van der Waals surface area contributed by atoms with Gasteiger partial charge in [0, 0.05) is 29.4 Å². The van der Waals surface area contributed by atoms with Gasteiger partial charge >= 0.3 is 0 Å². The molecule has 0 N–H and O–H groups in total. The van der Waals surface area contributed by atoms with E-state index in [1.54, 1.807) is 6.07 Å². The average Bonchev–Trinajstić information content (AvgIpc) is 2.35. The fraction of sp³-hybridized carbons (Fsp3) is 0.538. The molecule has 0 amide bonds. The summed E-state index contributed by atoms with van der Waals surface area (Å²) in [6.07, 6.45) is 2.18. The first-order valence-electron chi connectivity index (χ1n) is 5.89. The van der Waals surface area contributed by atoms with Gasteiger partial charge in [-0.25, -0.2) is 4.39 Å². The third-order valence-electron chi connectivity index (χ3n) is 3.23. The molecule has 0 radical (unpaired) electrons. The molecule has 0 bridgehead atoms. The lowest BCUT2D eigenvalue weighted by Gasteiger charge is -2.31. The molecule has 1 aliphatic rings. The van der Waals surface area contributed by atoms with Crippen LogP contribution in [-0.4, -0.2) is 31.2 Å². The van der Waals surface area contributed by atoms with Crippen LogP contribution in [0.3, 0.4) is 0 Å². The van der Waals surface area contributed by atoms with Crippen LogP contribution in [0.25, 0.3) is 0 Å². The molecule has 0 saturated carbocycles. The van der Waals surface area contributed by atoms with Crippen molar-refractivity contribution in [3.8, 4) is 0 Å². The van der Waals surface area contributed by atoms with Crippen LogP contribution in [0.4, 0.5) is 4.39 Å². The first-order chi connectivity index (χ1) is 8.16. The number of halogens is 2. The molecule has 0 atom stereocenters. The van der Waals surface area contributed by atoms with Crippen LogP contribution in [0, 0.1) is 9.39 Å². The van der Waals surface area contributed by atoms with Crippen molar-refractivity contribution in [2.45, 2.75) is 25.4 Å². The van der Waals surface area contributed by atoms with Crippen LogP contribution in [0.1, 0.15) is 18.4 Å². The number of hydrogen-bond acceptors (Lipinski definition) is 2. The summed E-state index contributed by atoms with van der Waals surface area (Å²) in [5.41, 5.74) is 1.17. The zero-order valence-corrected chi connectivity index (χ0v) is 12.1. The standard InChI is InChI=1S/C13H17FINO/c1-16(11-4-6-17-7-5-11)9-10-2-3-12(14)13(15)8-10/h2-3,8,11H,4-7,9H2,1H3. The third-order valence-corrected chi connectivity index (χ3v) is 4.06. The van der Waals surface area contributed by atoms with Gasteiger partial charge in [0.2, 0.25) is 0 Å². The van der Waals surface area contributed by atoms with Crippen molar-refractivity contribution in [2.75, 3.05) is 20.3 Å². The Morgan fingerprint density at radius 3 is 2.76 bits per heavy atom. The molecule has 1 aromatic carbocycles. The number of ether oxygens (including phenoxy) is 1. The number of benzene rings is 1. The van der Waals surface area contributed by atoms with Crippen molar-refractivity contribution in [3.05, 3.63) is 33.1 Å². The average molecular weight is 349 g/mol. The molecule has 4 heteroatoms. The van der Waals surface area contributed by atoms with E-state index in [0.717, 1.165) is 32.6 Å². The Labute approximate surface area is 115 Å². The van der Waals surface area contributed by atoms with Crippen LogP contribution >= 0.6 is 22.6 Å². The predicted octanol–water partition coefficient (Wildman–Crippen LogP) is 3.04. The Morgan fingerprint density at radius 1 is 1.41 bits per heavy atom. The van der Waals surface area contributed by atoms with Crippen molar-refractivity contribution < 1.29 is 9.13 Å². The first kappa shape index (κ1) is 13.2. The second-order valence-electron chi connectivity index (χ2n) is 4.51. The number of hydrogen-bond donors (Lipinski definition) is 0. The highest BCUT2D eigenvalue weighted by atomic mass is 127. The van der Waals surface area contributed by atoms with Crippen molar-refractivity contribution in [2.24, 2.45) is 0 Å². The minimum absolute atomic E-state index is 0.136. The minimum atomic E-state index is -0.136. The predicted molar refractivity (Wildman–Crippen MR) is 74.4 cm³/mol. The molecule has 0 aromatic heterocycles. The van der Waals surface area contributed by atoms with Crippen LogP contribution in [0.15, 0.2) is 18.2 Å². The van der Waals surface area contributed by atoms with E-state index < -0.39 is 0 Å². The van der Waals surface area contributed by atoms with E-state index in [9.17, 15) is 4.39 Å². The molecule has 94 valence electrons. The summed E-state index contributed by atoms with van der Waals surface area (Å²) in [5, 5.41) is 0. The summed E-state index contributed by atoms with van der Waals surface area (Å²) >= 11 is 2.04. The zero-order valence-electron chi connectivity index (χ0n) is 9.96. The first-order valence-corrected chi connectivity index (χ1v) is 6.96. The summed E-state index contributed by atoms with van der Waals surface area (Å²) in [7, 11) is 2.13. The van der Waals surface area contributed by atoms with E-state index in [0.29, 0.717) is 9.61 Å². The lowest BCUT2D eigenvalue weighted by molar-refractivity contribution is 0.0407. The molecule has 1 saturated heterocycles. The van der Waals surface area contributed by atoms with Gasteiger partial charge in [0.15, 0.2) is 0 Å². The molecule has 17 heavy (non-hydrogen) atoms. The summed E-state index contributed by atoms with van der Waals surface area (Å²) in [4.78, 5) is 2.34. The highest BCUT2D eigenvalue weighted by molar-refractivity contribution is 14.1. The van der Waals surface area contributed by atoms with Gasteiger partial charge in [-0.3, -0.25) is 4.90 Å². The van der Waals surface area contributed by atoms with Gasteiger partial charge in [0.1, 0.15) is 5.82 Å². The van der Waals surface area contributed by atoms with Crippen molar-refractivity contribution >= 4 is 22.6 Å². The van der Waals surface area contributed by atoms with E-state index in [-0.39, 0.29) is 5.82 Å². The lowest BCUT2D eigenvalue weighted by atomic mass is 10.1. The SMILES string of the molecule is CN(Cc1ccc(F)c(I)c1)C1CCOCC1. The molecule has 2 nitrogen and oxygen atoms in total.